The smallest absolute Gasteiger partial charge is 0.316 e. The van der Waals surface area contributed by atoms with Gasteiger partial charge in [-0.1, -0.05) is 55.5 Å². The molecule has 2 aromatic rings. The van der Waals surface area contributed by atoms with Crippen LogP contribution in [-0.4, -0.2) is 53.2 Å². The quantitative estimate of drug-likeness (QED) is 0.103. The lowest BCUT2D eigenvalue weighted by atomic mass is 10.0. The molecule has 0 spiro atoms. The van der Waals surface area contributed by atoms with E-state index in [4.69, 9.17) is 28.3 Å². The maximum absolute atomic E-state index is 12.9. The van der Waals surface area contributed by atoms with Crippen molar-refractivity contribution in [1.82, 2.24) is 0 Å². The maximum Gasteiger partial charge on any atom is 0.316 e. The number of rotatable bonds is 16. The molecule has 2 aromatic carbocycles. The molecule has 6 nitrogen and oxygen atoms in total. The summed E-state index contributed by atoms with van der Waals surface area (Å²) >= 11 is 4.80. The van der Waals surface area contributed by atoms with E-state index in [1.807, 2.05) is 6.92 Å². The van der Waals surface area contributed by atoms with E-state index in [9.17, 15) is 9.36 Å². The van der Waals surface area contributed by atoms with Crippen molar-refractivity contribution in [2.75, 3.05) is 12.8 Å². The second-order valence-electron chi connectivity index (χ2n) is 12.6. The van der Waals surface area contributed by atoms with Crippen LogP contribution in [0.4, 0.5) is 0 Å². The normalized spacial score (nSPS) is 15.5. The number of hydrogen-bond donors (Lipinski definition) is 0. The first-order valence-electron chi connectivity index (χ1n) is 14.1. The molecule has 0 bridgehead atoms. The van der Waals surface area contributed by atoms with E-state index in [2.05, 4.69) is 101 Å². The van der Waals surface area contributed by atoms with Crippen molar-refractivity contribution < 1.29 is 26.4 Å². The fourth-order valence-corrected chi connectivity index (χ4v) is 21.6. The Balaban J connectivity index is 1.91. The number of aryl methyl sites for hydroxylation is 1. The average molecular weight is 687 g/mol. The van der Waals surface area contributed by atoms with Crippen LogP contribution >= 0.6 is 6.58 Å². The predicted octanol–water partition coefficient (Wildman–Crippen LogP) is 7.55. The van der Waals surface area contributed by atoms with Crippen molar-refractivity contribution in [2.24, 2.45) is 5.92 Å². The zero-order valence-electron chi connectivity index (χ0n) is 26.0. The van der Waals surface area contributed by atoms with Crippen molar-refractivity contribution in [2.45, 2.75) is 78.2 Å². The number of ether oxygens (including phenoxy) is 1. The third kappa shape index (κ3) is 14.5. The summed E-state index contributed by atoms with van der Waals surface area (Å²) in [6.07, 6.45) is 2.03. The van der Waals surface area contributed by atoms with E-state index in [1.165, 1.54) is 0 Å². The average Bonchev–Trinajstić information content (AvgIpc) is 2.85. The Bertz CT molecular complexity index is 1240. The highest BCUT2D eigenvalue weighted by Crippen LogP contribution is 2.27. The van der Waals surface area contributed by atoms with Gasteiger partial charge in [0.2, 0.25) is 0 Å². The molecule has 4 unspecified atom stereocenters. The molecule has 0 aromatic heterocycles. The van der Waals surface area contributed by atoms with Crippen LogP contribution in [0.25, 0.3) is 11.1 Å². The molecule has 0 heterocycles. The molecule has 0 aliphatic rings. The van der Waals surface area contributed by atoms with Crippen LogP contribution in [-0.2, 0) is 60.0 Å². The molecule has 0 aliphatic carbocycles. The van der Waals surface area contributed by atoms with Gasteiger partial charge in [-0.2, -0.15) is 0 Å². The Kier molecular flexibility index (Phi) is 14.5. The van der Waals surface area contributed by atoms with Crippen molar-refractivity contribution in [3.8, 4) is 11.1 Å². The molecule has 13 heteroatoms. The van der Waals surface area contributed by atoms with Gasteiger partial charge in [0.05, 0.1) is 12.5 Å². The van der Waals surface area contributed by atoms with Gasteiger partial charge < -0.3 is 17.1 Å². The van der Waals surface area contributed by atoms with Crippen LogP contribution in [0.15, 0.2) is 48.5 Å². The van der Waals surface area contributed by atoms with Gasteiger partial charge in [0.15, 0.2) is 23.2 Å². The first kappa shape index (κ1) is 36.4. The van der Waals surface area contributed by atoms with E-state index in [0.717, 1.165) is 38.2 Å². The van der Waals surface area contributed by atoms with Gasteiger partial charge in [-0.25, -0.2) is 0 Å². The fraction of sp³-hybridized carbons (Fsp3) is 0.536. The molecule has 2 rings (SSSR count). The summed E-state index contributed by atoms with van der Waals surface area (Å²) in [7, 11) is -7.09. The zero-order valence-corrected chi connectivity index (χ0v) is 32.7. The lowest BCUT2D eigenvalue weighted by Crippen LogP contribution is -2.53. The van der Waals surface area contributed by atoms with E-state index in [1.54, 1.807) is 0 Å². The molecular weight excluding hydrogens is 640 g/mol. The van der Waals surface area contributed by atoms with Crippen molar-refractivity contribution in [3.63, 3.8) is 0 Å². The van der Waals surface area contributed by atoms with Gasteiger partial charge in [0, 0.05) is 18.6 Å². The minimum atomic E-state index is -2.63. The first-order valence-corrected chi connectivity index (χ1v) is 29.4. The van der Waals surface area contributed by atoms with Crippen LogP contribution in [0, 0.1) is 5.92 Å². The first-order chi connectivity index (χ1) is 19.0. The summed E-state index contributed by atoms with van der Waals surface area (Å²) in [5.74, 6) is -0.517. The summed E-state index contributed by atoms with van der Waals surface area (Å²) in [4.78, 5) is 12.9. The number of carbonyl (C=O) groups excluding carboxylic acids is 1. The fourth-order valence-electron chi connectivity index (χ4n) is 4.67. The molecule has 41 heavy (non-hydrogen) atoms. The topological polar surface area (TPSA) is 71.1 Å². The van der Waals surface area contributed by atoms with Crippen molar-refractivity contribution >= 4 is 67.7 Å². The highest BCUT2D eigenvalue weighted by atomic mass is 32.9. The van der Waals surface area contributed by atoms with E-state index < -0.39 is 41.1 Å². The van der Waals surface area contributed by atoms with Gasteiger partial charge in [0.1, 0.15) is 0 Å². The largest absolute Gasteiger partial charge is 0.465 e. The van der Waals surface area contributed by atoms with Gasteiger partial charge in [-0.05, 0) is 102 Å². The van der Waals surface area contributed by atoms with Crippen molar-refractivity contribution in [3.05, 3.63) is 59.7 Å². The van der Waals surface area contributed by atoms with Gasteiger partial charge in [-0.15, -0.1) is 0 Å². The van der Waals surface area contributed by atoms with Crippen LogP contribution < -0.4 is 0 Å². The number of benzene rings is 2. The maximum atomic E-state index is 12.9. The van der Waals surface area contributed by atoms with E-state index >= 15 is 0 Å². The van der Waals surface area contributed by atoms with Gasteiger partial charge >= 0.3 is 14.5 Å². The van der Waals surface area contributed by atoms with Crippen LogP contribution in [0.1, 0.15) is 18.1 Å². The molecule has 228 valence electrons. The lowest BCUT2D eigenvalue weighted by Gasteiger charge is -2.38. The number of hydrogen-bond acceptors (Lipinski definition) is 7. The second-order valence-corrected chi connectivity index (χ2v) is 31.8. The molecule has 4 atom stereocenters. The summed E-state index contributed by atoms with van der Waals surface area (Å²) in [6, 6.07) is 17.2. The third-order valence-corrected chi connectivity index (χ3v) is 22.4. The zero-order chi connectivity index (χ0) is 30.8. The Morgan fingerprint density at radius 2 is 1.39 bits per heavy atom. The Hall–Kier alpha value is -0.802. The SMILES string of the molecule is CC(C[Si](C)(O[SiH](C)O[Si](C)(C)C)O[Si](C)(C)C)C(=O)OCCc1ccc(-c2ccc(CCP(=O)=S=S)cc2)cc1. The monoisotopic (exact) mass is 686 g/mol. The van der Waals surface area contributed by atoms with Crippen molar-refractivity contribution in [1.29, 1.82) is 0 Å². The van der Waals surface area contributed by atoms with Crippen LogP contribution in [0.2, 0.25) is 58.4 Å². The van der Waals surface area contributed by atoms with E-state index in [-0.39, 0.29) is 11.9 Å². The van der Waals surface area contributed by atoms with Gasteiger partial charge in [0.25, 0.3) is 9.28 Å². The molecule has 0 aliphatic heterocycles. The molecule has 0 fully saturated rings. The number of esters is 1. The third-order valence-electron chi connectivity index (χ3n) is 6.08. The lowest BCUT2D eigenvalue weighted by molar-refractivity contribution is -0.147. The molecular formula is C28H47O6PS2Si4. The Labute approximate surface area is 260 Å². The van der Waals surface area contributed by atoms with Crippen LogP contribution in [0.5, 0.6) is 0 Å². The Morgan fingerprint density at radius 1 is 0.878 bits per heavy atom. The summed E-state index contributed by atoms with van der Waals surface area (Å²) in [5, 5.41) is 0. The summed E-state index contributed by atoms with van der Waals surface area (Å²) in [5.41, 5.74) is 4.53. The van der Waals surface area contributed by atoms with Gasteiger partial charge in [-0.3, -0.25) is 9.36 Å². The molecule has 0 saturated heterocycles. The second kappa shape index (κ2) is 16.3. The molecule has 0 amide bonds. The number of carbonyl (C=O) groups is 1. The summed E-state index contributed by atoms with van der Waals surface area (Å²) < 4.78 is 36.7. The molecule has 0 saturated carbocycles. The molecule has 0 N–H and O–H groups in total. The Morgan fingerprint density at radius 3 is 1.85 bits per heavy atom. The minimum Gasteiger partial charge on any atom is -0.465 e. The summed E-state index contributed by atoms with van der Waals surface area (Å²) in [6.45, 7) is 18.0. The van der Waals surface area contributed by atoms with Crippen LogP contribution in [0.3, 0.4) is 0 Å². The standard InChI is InChI=1S/C28H47O6PS2Si4/c1-23(22-41(9,34-40(6,7)8)33-38(2)32-39(3,4)5)28(29)31-20-18-24-10-14-26(15-11-24)27-16-12-25(13-17-27)19-21-35(30)37-36/h10-17,23,38H,18-22H2,1-9H3. The highest BCUT2D eigenvalue weighted by Gasteiger charge is 2.42. The molecule has 0 radical (unpaired) electrons. The van der Waals surface area contributed by atoms with E-state index in [0.29, 0.717) is 25.2 Å². The predicted molar refractivity (Wildman–Crippen MR) is 186 cm³/mol. The minimum absolute atomic E-state index is 0.209. The highest BCUT2D eigenvalue weighted by molar-refractivity contribution is 8.32.